The van der Waals surface area contributed by atoms with E-state index in [1.807, 2.05) is 37.3 Å². The van der Waals surface area contributed by atoms with Crippen LogP contribution in [0.15, 0.2) is 48.5 Å². The number of esters is 1. The number of ether oxygens (including phenoxy) is 3. The molecular weight excluding hydrogens is 402 g/mol. The average Bonchev–Trinajstić information content (AvgIpc) is 3.09. The van der Waals surface area contributed by atoms with E-state index >= 15 is 0 Å². The first kappa shape index (κ1) is 21.4. The molecule has 30 heavy (non-hydrogen) atoms. The first-order valence-corrected chi connectivity index (χ1v) is 10.2. The maximum atomic E-state index is 13.1. The summed E-state index contributed by atoms with van der Waals surface area (Å²) < 4.78 is 16.0. The largest absolute Gasteiger partial charge is 0.496 e. The standard InChI is InChI=1S/C23H23NO5S/c1-5-29-23(26)20-18(15-10-7-6-8-11-15)14(2)30-22(20)24-21(25)19-16(27-3)12-9-13-17(19)28-4/h6-13H,5H2,1-4H3,(H,24,25). The maximum absolute atomic E-state index is 13.1. The van der Waals surface area contributed by atoms with E-state index in [1.165, 1.54) is 25.6 Å². The lowest BCUT2D eigenvalue weighted by Crippen LogP contribution is -2.16. The number of nitrogens with one attached hydrogen (secondary N) is 1. The zero-order valence-corrected chi connectivity index (χ0v) is 18.1. The number of anilines is 1. The first-order chi connectivity index (χ1) is 14.5. The van der Waals surface area contributed by atoms with Crippen LogP contribution in [0.1, 0.15) is 32.5 Å². The monoisotopic (exact) mass is 425 g/mol. The fraction of sp³-hybridized carbons (Fsp3) is 0.217. The van der Waals surface area contributed by atoms with Crippen molar-refractivity contribution in [3.05, 3.63) is 64.5 Å². The molecule has 1 heterocycles. The molecule has 0 aliphatic heterocycles. The number of aryl methyl sites for hydroxylation is 1. The van der Waals surface area contributed by atoms with E-state index in [-0.39, 0.29) is 12.2 Å². The van der Waals surface area contributed by atoms with E-state index in [2.05, 4.69) is 5.32 Å². The van der Waals surface area contributed by atoms with Crippen molar-refractivity contribution in [1.82, 2.24) is 0 Å². The fourth-order valence-electron chi connectivity index (χ4n) is 3.22. The zero-order chi connectivity index (χ0) is 21.7. The maximum Gasteiger partial charge on any atom is 0.341 e. The molecule has 1 N–H and O–H groups in total. The van der Waals surface area contributed by atoms with Gasteiger partial charge in [0.1, 0.15) is 27.6 Å². The Bertz CT molecular complexity index is 1040. The minimum atomic E-state index is -0.483. The summed E-state index contributed by atoms with van der Waals surface area (Å²) in [6.07, 6.45) is 0. The predicted molar refractivity (Wildman–Crippen MR) is 118 cm³/mol. The van der Waals surface area contributed by atoms with Gasteiger partial charge in [0.05, 0.1) is 20.8 Å². The zero-order valence-electron chi connectivity index (χ0n) is 17.3. The molecule has 0 spiro atoms. The van der Waals surface area contributed by atoms with Crippen molar-refractivity contribution in [2.45, 2.75) is 13.8 Å². The predicted octanol–water partition coefficient (Wildman–Crippen LogP) is 5.17. The number of hydrogen-bond acceptors (Lipinski definition) is 6. The number of carbonyl (C=O) groups excluding carboxylic acids is 2. The van der Waals surface area contributed by atoms with E-state index in [0.29, 0.717) is 22.1 Å². The van der Waals surface area contributed by atoms with Crippen molar-refractivity contribution < 1.29 is 23.8 Å². The van der Waals surface area contributed by atoms with Gasteiger partial charge in [-0.2, -0.15) is 0 Å². The normalized spacial score (nSPS) is 10.4. The number of rotatable bonds is 7. The summed E-state index contributed by atoms with van der Waals surface area (Å²) in [7, 11) is 2.97. The molecule has 3 aromatic rings. The summed E-state index contributed by atoms with van der Waals surface area (Å²) in [5, 5.41) is 3.28. The smallest absolute Gasteiger partial charge is 0.341 e. The van der Waals surface area contributed by atoms with Gasteiger partial charge in [-0.1, -0.05) is 36.4 Å². The second-order valence-corrected chi connectivity index (χ2v) is 7.54. The average molecular weight is 426 g/mol. The highest BCUT2D eigenvalue weighted by Gasteiger charge is 2.27. The lowest BCUT2D eigenvalue weighted by molar-refractivity contribution is 0.0529. The minimum Gasteiger partial charge on any atom is -0.496 e. The Morgan fingerprint density at radius 1 is 0.933 bits per heavy atom. The molecule has 0 saturated carbocycles. The molecule has 7 heteroatoms. The van der Waals surface area contributed by atoms with Gasteiger partial charge in [0.25, 0.3) is 5.91 Å². The molecule has 6 nitrogen and oxygen atoms in total. The van der Waals surface area contributed by atoms with Gasteiger partial charge in [-0.25, -0.2) is 4.79 Å². The number of amides is 1. The molecule has 0 bridgehead atoms. The Morgan fingerprint density at radius 2 is 1.57 bits per heavy atom. The van der Waals surface area contributed by atoms with Gasteiger partial charge in [0.2, 0.25) is 0 Å². The SMILES string of the molecule is CCOC(=O)c1c(NC(=O)c2c(OC)cccc2OC)sc(C)c1-c1ccccc1. The van der Waals surface area contributed by atoms with Gasteiger partial charge in [-0.3, -0.25) is 4.79 Å². The van der Waals surface area contributed by atoms with Gasteiger partial charge in [-0.05, 0) is 31.5 Å². The Kier molecular flexibility index (Phi) is 6.74. The molecule has 0 atom stereocenters. The Balaban J connectivity index is 2.09. The highest BCUT2D eigenvalue weighted by Crippen LogP contribution is 2.41. The summed E-state index contributed by atoms with van der Waals surface area (Å²) in [4.78, 5) is 26.9. The van der Waals surface area contributed by atoms with E-state index in [0.717, 1.165) is 16.0 Å². The molecule has 0 aliphatic carbocycles. The lowest BCUT2D eigenvalue weighted by Gasteiger charge is -2.13. The van der Waals surface area contributed by atoms with Crippen LogP contribution in [0.3, 0.4) is 0 Å². The molecule has 3 rings (SSSR count). The molecule has 0 aliphatic rings. The summed E-state index contributed by atoms with van der Waals surface area (Å²) >= 11 is 1.33. The summed E-state index contributed by atoms with van der Waals surface area (Å²) in [5.41, 5.74) is 2.23. The number of hydrogen-bond donors (Lipinski definition) is 1. The topological polar surface area (TPSA) is 73.9 Å². The third-order valence-corrected chi connectivity index (χ3v) is 5.53. The quantitative estimate of drug-likeness (QED) is 0.529. The van der Waals surface area contributed by atoms with Crippen LogP contribution >= 0.6 is 11.3 Å². The molecular formula is C23H23NO5S. The molecule has 0 radical (unpaired) electrons. The van der Waals surface area contributed by atoms with E-state index in [1.54, 1.807) is 25.1 Å². The van der Waals surface area contributed by atoms with Crippen LogP contribution in [0.4, 0.5) is 5.00 Å². The minimum absolute atomic E-state index is 0.232. The number of methoxy groups -OCH3 is 2. The number of benzene rings is 2. The molecule has 156 valence electrons. The van der Waals surface area contributed by atoms with Crippen molar-refractivity contribution in [3.63, 3.8) is 0 Å². The summed E-state index contributed by atoms with van der Waals surface area (Å²) in [6.45, 7) is 3.89. The summed E-state index contributed by atoms with van der Waals surface area (Å²) in [5.74, 6) is -0.166. The second-order valence-electron chi connectivity index (χ2n) is 6.32. The van der Waals surface area contributed by atoms with Crippen LogP contribution in [0.25, 0.3) is 11.1 Å². The number of carbonyl (C=O) groups is 2. The van der Waals surface area contributed by atoms with E-state index in [4.69, 9.17) is 14.2 Å². The van der Waals surface area contributed by atoms with Gasteiger partial charge >= 0.3 is 5.97 Å². The molecule has 0 saturated heterocycles. The van der Waals surface area contributed by atoms with Crippen molar-refractivity contribution >= 4 is 28.2 Å². The molecule has 0 unspecified atom stereocenters. The lowest BCUT2D eigenvalue weighted by atomic mass is 10.0. The van der Waals surface area contributed by atoms with Gasteiger partial charge < -0.3 is 19.5 Å². The number of thiophene rings is 1. The van der Waals surface area contributed by atoms with E-state index in [9.17, 15) is 9.59 Å². The van der Waals surface area contributed by atoms with Crippen LogP contribution in [0.2, 0.25) is 0 Å². The van der Waals surface area contributed by atoms with Crippen LogP contribution in [0, 0.1) is 6.92 Å². The molecule has 1 amide bonds. The highest BCUT2D eigenvalue weighted by atomic mass is 32.1. The second kappa shape index (κ2) is 9.45. The Labute approximate surface area is 179 Å². The van der Waals surface area contributed by atoms with Crippen molar-refractivity contribution in [2.24, 2.45) is 0 Å². The van der Waals surface area contributed by atoms with Crippen LogP contribution in [-0.4, -0.2) is 32.7 Å². The fourth-order valence-corrected chi connectivity index (χ4v) is 4.28. The molecule has 2 aromatic carbocycles. The van der Waals surface area contributed by atoms with Gasteiger partial charge in [0, 0.05) is 10.4 Å². The van der Waals surface area contributed by atoms with Crippen molar-refractivity contribution in [1.29, 1.82) is 0 Å². The van der Waals surface area contributed by atoms with Crippen molar-refractivity contribution in [3.8, 4) is 22.6 Å². The molecule has 0 fully saturated rings. The Hall–Kier alpha value is -3.32. The first-order valence-electron chi connectivity index (χ1n) is 9.40. The van der Waals surface area contributed by atoms with Crippen LogP contribution < -0.4 is 14.8 Å². The van der Waals surface area contributed by atoms with Crippen LogP contribution in [0.5, 0.6) is 11.5 Å². The van der Waals surface area contributed by atoms with Crippen molar-refractivity contribution in [2.75, 3.05) is 26.1 Å². The van der Waals surface area contributed by atoms with Crippen LogP contribution in [-0.2, 0) is 4.74 Å². The van der Waals surface area contributed by atoms with E-state index < -0.39 is 11.9 Å². The van der Waals surface area contributed by atoms with Gasteiger partial charge in [-0.15, -0.1) is 11.3 Å². The summed E-state index contributed by atoms with van der Waals surface area (Å²) in [6, 6.07) is 14.7. The highest BCUT2D eigenvalue weighted by molar-refractivity contribution is 7.17. The Morgan fingerprint density at radius 3 is 2.13 bits per heavy atom. The molecule has 1 aromatic heterocycles. The third-order valence-electron chi connectivity index (χ3n) is 4.51. The van der Waals surface area contributed by atoms with Gasteiger partial charge in [0.15, 0.2) is 0 Å². The third kappa shape index (κ3) is 4.16.